The molecule has 0 radical (unpaired) electrons. The van der Waals surface area contributed by atoms with Gasteiger partial charge in [0, 0.05) is 13.5 Å². The topological polar surface area (TPSA) is 81.4 Å². The maximum atomic E-state index is 12.3. The average Bonchev–Trinajstić information content (AvgIpc) is 2.94. The van der Waals surface area contributed by atoms with Crippen LogP contribution in [-0.2, 0) is 16.4 Å². The summed E-state index contributed by atoms with van der Waals surface area (Å²) in [7, 11) is -2.00. The molecule has 7 heteroatoms. The van der Waals surface area contributed by atoms with E-state index in [0.717, 1.165) is 11.1 Å². The van der Waals surface area contributed by atoms with E-state index in [2.05, 4.69) is 9.71 Å². The maximum Gasteiger partial charge on any atom is 0.240 e. The van der Waals surface area contributed by atoms with E-state index in [1.54, 1.807) is 19.1 Å². The lowest BCUT2D eigenvalue weighted by Crippen LogP contribution is -2.25. The molecule has 126 valence electrons. The maximum absolute atomic E-state index is 12.3. The van der Waals surface area contributed by atoms with Gasteiger partial charge in [-0.25, -0.2) is 18.1 Å². The highest BCUT2D eigenvalue weighted by molar-refractivity contribution is 7.89. The highest BCUT2D eigenvalue weighted by atomic mass is 32.2. The van der Waals surface area contributed by atoms with E-state index in [0.29, 0.717) is 30.2 Å². The van der Waals surface area contributed by atoms with Crippen molar-refractivity contribution in [2.45, 2.75) is 18.2 Å². The number of hydrogen-bond donors (Lipinski definition) is 1. The normalized spacial score (nSPS) is 11.8. The highest BCUT2D eigenvalue weighted by Crippen LogP contribution is 2.18. The number of aromatic nitrogens is 1. The number of oxazole rings is 1. The van der Waals surface area contributed by atoms with Crippen molar-refractivity contribution in [3.05, 3.63) is 53.9 Å². The van der Waals surface area contributed by atoms with Gasteiger partial charge in [-0.15, -0.1) is 0 Å². The standard InChI is InChI=1S/C17H18N2O4S/c1-12-19-16-8-3-13(11-17(16)23-12)9-10-18-24(20,21)15-6-4-14(22-2)5-7-15/h3-8,11,18H,9-10H2,1-2H3. The minimum Gasteiger partial charge on any atom is -0.497 e. The van der Waals surface area contributed by atoms with Gasteiger partial charge in [-0.1, -0.05) is 6.07 Å². The summed E-state index contributed by atoms with van der Waals surface area (Å²) in [4.78, 5) is 4.45. The molecule has 0 aliphatic heterocycles. The molecule has 1 heterocycles. The van der Waals surface area contributed by atoms with E-state index in [1.165, 1.54) is 19.2 Å². The van der Waals surface area contributed by atoms with Crippen molar-refractivity contribution in [3.63, 3.8) is 0 Å². The minimum atomic E-state index is -3.54. The molecule has 3 aromatic rings. The van der Waals surface area contributed by atoms with Crippen LogP contribution in [0, 0.1) is 6.92 Å². The lowest BCUT2D eigenvalue weighted by Gasteiger charge is -2.07. The summed E-state index contributed by atoms with van der Waals surface area (Å²) in [5, 5.41) is 0. The smallest absolute Gasteiger partial charge is 0.240 e. The lowest BCUT2D eigenvalue weighted by atomic mass is 10.1. The highest BCUT2D eigenvalue weighted by Gasteiger charge is 2.13. The predicted molar refractivity (Wildman–Crippen MR) is 90.6 cm³/mol. The molecule has 0 saturated heterocycles. The van der Waals surface area contributed by atoms with E-state index in [-0.39, 0.29) is 4.90 Å². The van der Waals surface area contributed by atoms with Gasteiger partial charge in [0.15, 0.2) is 11.5 Å². The largest absolute Gasteiger partial charge is 0.497 e. The Labute approximate surface area is 140 Å². The van der Waals surface area contributed by atoms with Crippen molar-refractivity contribution in [3.8, 4) is 5.75 Å². The minimum absolute atomic E-state index is 0.213. The van der Waals surface area contributed by atoms with E-state index in [4.69, 9.17) is 9.15 Å². The monoisotopic (exact) mass is 346 g/mol. The molecule has 0 bridgehead atoms. The summed E-state index contributed by atoms with van der Waals surface area (Å²) in [6, 6.07) is 12.0. The number of ether oxygens (including phenoxy) is 1. The summed E-state index contributed by atoms with van der Waals surface area (Å²) in [5.41, 5.74) is 2.49. The van der Waals surface area contributed by atoms with Crippen LogP contribution in [0.25, 0.3) is 11.1 Å². The second-order valence-electron chi connectivity index (χ2n) is 5.36. The number of methoxy groups -OCH3 is 1. The molecule has 0 aliphatic rings. The number of benzene rings is 2. The van der Waals surface area contributed by atoms with Gasteiger partial charge >= 0.3 is 0 Å². The fourth-order valence-electron chi connectivity index (χ4n) is 2.41. The van der Waals surface area contributed by atoms with Crippen molar-refractivity contribution in [1.82, 2.24) is 9.71 Å². The molecule has 0 amide bonds. The van der Waals surface area contributed by atoms with Gasteiger partial charge in [0.05, 0.1) is 12.0 Å². The third kappa shape index (κ3) is 3.58. The summed E-state index contributed by atoms with van der Waals surface area (Å²) < 4.78 is 37.6. The van der Waals surface area contributed by atoms with E-state index in [9.17, 15) is 8.42 Å². The van der Waals surface area contributed by atoms with Crippen molar-refractivity contribution < 1.29 is 17.6 Å². The van der Waals surface area contributed by atoms with E-state index < -0.39 is 10.0 Å². The van der Waals surface area contributed by atoms with Crippen LogP contribution in [0.3, 0.4) is 0 Å². The number of fused-ring (bicyclic) bond motifs is 1. The SMILES string of the molecule is COc1ccc(S(=O)(=O)NCCc2ccc3nc(C)oc3c2)cc1. The fraction of sp³-hybridized carbons (Fsp3) is 0.235. The van der Waals surface area contributed by atoms with Gasteiger partial charge in [0.1, 0.15) is 11.3 Å². The van der Waals surface area contributed by atoms with Crippen LogP contribution in [0.5, 0.6) is 5.75 Å². The molecule has 0 atom stereocenters. The first kappa shape index (κ1) is 16.5. The molecule has 0 unspecified atom stereocenters. The zero-order chi connectivity index (χ0) is 17.2. The number of aryl methyl sites for hydroxylation is 1. The Hall–Kier alpha value is -2.38. The third-order valence-electron chi connectivity index (χ3n) is 3.64. The molecule has 3 rings (SSSR count). The van der Waals surface area contributed by atoms with Crippen LogP contribution >= 0.6 is 0 Å². The molecule has 1 N–H and O–H groups in total. The van der Waals surface area contributed by atoms with Gasteiger partial charge in [-0.2, -0.15) is 0 Å². The first-order valence-electron chi connectivity index (χ1n) is 7.48. The van der Waals surface area contributed by atoms with Crippen molar-refractivity contribution in [2.24, 2.45) is 0 Å². The van der Waals surface area contributed by atoms with Crippen molar-refractivity contribution in [1.29, 1.82) is 0 Å². The molecule has 0 saturated carbocycles. The number of hydrogen-bond acceptors (Lipinski definition) is 5. The molecule has 2 aromatic carbocycles. The van der Waals surface area contributed by atoms with Gasteiger partial charge in [0.25, 0.3) is 0 Å². The van der Waals surface area contributed by atoms with Crippen LogP contribution in [-0.4, -0.2) is 27.1 Å². The van der Waals surface area contributed by atoms with Crippen molar-refractivity contribution in [2.75, 3.05) is 13.7 Å². The molecule has 1 aromatic heterocycles. The number of nitrogens with zero attached hydrogens (tertiary/aromatic N) is 1. The second kappa shape index (κ2) is 6.62. The Balaban J connectivity index is 1.65. The Kier molecular flexibility index (Phi) is 4.55. The van der Waals surface area contributed by atoms with E-state index >= 15 is 0 Å². The van der Waals surface area contributed by atoms with Gasteiger partial charge in [-0.05, 0) is 48.4 Å². The first-order valence-corrected chi connectivity index (χ1v) is 8.96. The first-order chi connectivity index (χ1) is 11.5. The van der Waals surface area contributed by atoms with Crippen LogP contribution in [0.15, 0.2) is 51.8 Å². The van der Waals surface area contributed by atoms with E-state index in [1.807, 2.05) is 18.2 Å². The molecular formula is C17H18N2O4S. The Bertz CT molecular complexity index is 946. The Morgan fingerprint density at radius 3 is 2.62 bits per heavy atom. The number of rotatable bonds is 6. The molecular weight excluding hydrogens is 328 g/mol. The summed E-state index contributed by atoms with van der Waals surface area (Å²) in [6.45, 7) is 2.09. The number of nitrogens with one attached hydrogen (secondary N) is 1. The summed E-state index contributed by atoms with van der Waals surface area (Å²) in [5.74, 6) is 1.23. The fourth-order valence-corrected chi connectivity index (χ4v) is 3.44. The molecule has 0 aliphatic carbocycles. The van der Waals surface area contributed by atoms with Crippen molar-refractivity contribution >= 4 is 21.1 Å². The van der Waals surface area contributed by atoms with Gasteiger partial charge in [0.2, 0.25) is 10.0 Å². The summed E-state index contributed by atoms with van der Waals surface area (Å²) >= 11 is 0. The molecule has 0 fully saturated rings. The molecule has 6 nitrogen and oxygen atoms in total. The van der Waals surface area contributed by atoms with Crippen LogP contribution in [0.2, 0.25) is 0 Å². The van der Waals surface area contributed by atoms with Gasteiger partial charge in [-0.3, -0.25) is 0 Å². The van der Waals surface area contributed by atoms with Crippen LogP contribution in [0.4, 0.5) is 0 Å². The zero-order valence-corrected chi connectivity index (χ0v) is 14.3. The Morgan fingerprint density at radius 2 is 1.92 bits per heavy atom. The summed E-state index contributed by atoms with van der Waals surface area (Å²) in [6.07, 6.45) is 0.561. The Morgan fingerprint density at radius 1 is 1.17 bits per heavy atom. The predicted octanol–water partition coefficient (Wildman–Crippen LogP) is 2.67. The average molecular weight is 346 g/mol. The lowest BCUT2D eigenvalue weighted by molar-refractivity contribution is 0.414. The molecule has 0 spiro atoms. The van der Waals surface area contributed by atoms with Crippen LogP contribution in [0.1, 0.15) is 11.5 Å². The van der Waals surface area contributed by atoms with Crippen LogP contribution < -0.4 is 9.46 Å². The third-order valence-corrected chi connectivity index (χ3v) is 5.11. The number of sulfonamides is 1. The second-order valence-corrected chi connectivity index (χ2v) is 7.13. The molecule has 24 heavy (non-hydrogen) atoms. The van der Waals surface area contributed by atoms with Gasteiger partial charge < -0.3 is 9.15 Å². The zero-order valence-electron chi connectivity index (χ0n) is 13.4. The quantitative estimate of drug-likeness (QED) is 0.742.